The summed E-state index contributed by atoms with van der Waals surface area (Å²) < 4.78 is 0. The van der Waals surface area contributed by atoms with Crippen molar-refractivity contribution < 1.29 is 4.79 Å². The lowest BCUT2D eigenvalue weighted by Gasteiger charge is -2.33. The summed E-state index contributed by atoms with van der Waals surface area (Å²) in [5, 5.41) is 0. The molecule has 0 aliphatic rings. The van der Waals surface area contributed by atoms with Crippen molar-refractivity contribution in [2.75, 3.05) is 0 Å². The Labute approximate surface area is 149 Å². The van der Waals surface area contributed by atoms with E-state index in [0.29, 0.717) is 6.42 Å². The Bertz CT molecular complexity index is 799. The van der Waals surface area contributed by atoms with E-state index in [1.54, 1.807) is 0 Å². The fraction of sp³-hybridized carbons (Fsp3) is 0.217. The van der Waals surface area contributed by atoms with E-state index in [2.05, 4.69) is 36.2 Å². The van der Waals surface area contributed by atoms with Crippen molar-refractivity contribution in [3.63, 3.8) is 0 Å². The van der Waals surface area contributed by atoms with Crippen molar-refractivity contribution in [2.45, 2.75) is 31.6 Å². The van der Waals surface area contributed by atoms with E-state index in [9.17, 15) is 4.79 Å². The van der Waals surface area contributed by atoms with Crippen molar-refractivity contribution in [3.8, 4) is 0 Å². The van der Waals surface area contributed by atoms with Gasteiger partial charge in [-0.25, -0.2) is 0 Å². The summed E-state index contributed by atoms with van der Waals surface area (Å²) in [6.45, 7) is 2.17. The van der Waals surface area contributed by atoms with Crippen molar-refractivity contribution in [2.24, 2.45) is 0 Å². The summed E-state index contributed by atoms with van der Waals surface area (Å²) in [5.41, 5.74) is 2.99. The summed E-state index contributed by atoms with van der Waals surface area (Å²) >= 11 is 0. The van der Waals surface area contributed by atoms with Gasteiger partial charge in [-0.3, -0.25) is 9.78 Å². The number of ketones is 1. The Morgan fingerprint density at radius 3 is 2.08 bits per heavy atom. The first kappa shape index (κ1) is 17.1. The first-order chi connectivity index (χ1) is 12.2. The van der Waals surface area contributed by atoms with Gasteiger partial charge in [-0.05, 0) is 36.1 Å². The number of carbonyl (C=O) groups is 1. The molecule has 0 aliphatic carbocycles. The first-order valence-electron chi connectivity index (χ1n) is 8.76. The maximum Gasteiger partial charge on any atom is 0.163 e. The van der Waals surface area contributed by atoms with E-state index in [1.165, 1.54) is 11.1 Å². The van der Waals surface area contributed by atoms with Crippen molar-refractivity contribution >= 4 is 5.78 Å². The number of hydrogen-bond acceptors (Lipinski definition) is 2. The molecule has 126 valence electrons. The zero-order valence-corrected chi connectivity index (χ0v) is 14.6. The second-order valence-corrected chi connectivity index (χ2v) is 6.50. The Morgan fingerprint density at radius 1 is 0.880 bits per heavy atom. The Kier molecular flexibility index (Phi) is 5.39. The number of hydrogen-bond donors (Lipinski definition) is 0. The van der Waals surface area contributed by atoms with Crippen LogP contribution in [0.3, 0.4) is 0 Å². The third kappa shape index (κ3) is 4.03. The van der Waals surface area contributed by atoms with Crippen LogP contribution in [0.25, 0.3) is 0 Å². The molecule has 2 nitrogen and oxygen atoms in total. The summed E-state index contributed by atoms with van der Waals surface area (Å²) in [5.74, 6) is 0.190. The highest BCUT2D eigenvalue weighted by Gasteiger charge is 2.33. The maximum absolute atomic E-state index is 13.0. The van der Waals surface area contributed by atoms with Gasteiger partial charge in [-0.15, -0.1) is 0 Å². The second-order valence-electron chi connectivity index (χ2n) is 6.50. The predicted molar refractivity (Wildman–Crippen MR) is 102 cm³/mol. The van der Waals surface area contributed by atoms with Crippen LogP contribution < -0.4 is 0 Å². The molecule has 2 aromatic carbocycles. The monoisotopic (exact) mass is 329 g/mol. The third-order valence-corrected chi connectivity index (χ3v) is 4.95. The molecule has 0 fully saturated rings. The number of rotatable bonds is 7. The van der Waals surface area contributed by atoms with Crippen LogP contribution in [0.1, 0.15) is 41.3 Å². The zero-order chi connectivity index (χ0) is 17.5. The number of carbonyl (C=O) groups excluding carboxylic acids is 1. The molecule has 25 heavy (non-hydrogen) atoms. The Morgan fingerprint density at radius 2 is 1.48 bits per heavy atom. The molecular weight excluding hydrogens is 306 g/mol. The molecule has 2 heteroatoms. The van der Waals surface area contributed by atoms with Gasteiger partial charge in [-0.1, -0.05) is 67.6 Å². The quantitative estimate of drug-likeness (QED) is 0.554. The molecule has 0 aliphatic heterocycles. The minimum Gasteiger partial charge on any atom is -0.294 e. The van der Waals surface area contributed by atoms with E-state index in [-0.39, 0.29) is 11.2 Å². The van der Waals surface area contributed by atoms with E-state index in [4.69, 9.17) is 0 Å². The molecular formula is C23H23NO. The lowest BCUT2D eigenvalue weighted by Crippen LogP contribution is -2.31. The molecule has 0 unspecified atom stereocenters. The number of benzene rings is 2. The third-order valence-electron chi connectivity index (χ3n) is 4.95. The molecule has 0 N–H and O–H groups in total. The van der Waals surface area contributed by atoms with Crippen LogP contribution >= 0.6 is 0 Å². The topological polar surface area (TPSA) is 30.0 Å². The van der Waals surface area contributed by atoms with Gasteiger partial charge in [0.1, 0.15) is 0 Å². The molecule has 1 aromatic heterocycles. The van der Waals surface area contributed by atoms with Crippen LogP contribution in [-0.2, 0) is 11.8 Å². The van der Waals surface area contributed by atoms with Crippen molar-refractivity contribution in [3.05, 3.63) is 102 Å². The molecule has 1 atom stereocenters. The van der Waals surface area contributed by atoms with Crippen molar-refractivity contribution in [1.82, 2.24) is 4.98 Å². The number of Topliss-reactive ketones (excluding diaryl/α,β-unsaturated/α-hetero) is 1. The largest absolute Gasteiger partial charge is 0.294 e. The molecule has 3 rings (SSSR count). The SMILES string of the molecule is CC[C@](CC(=O)c1ccccc1)(Cc1ccccc1)c1ccncc1. The highest BCUT2D eigenvalue weighted by molar-refractivity contribution is 5.96. The molecule has 0 spiro atoms. The first-order valence-corrected chi connectivity index (χ1v) is 8.76. The highest BCUT2D eigenvalue weighted by atomic mass is 16.1. The van der Waals surface area contributed by atoms with Crippen LogP contribution in [-0.4, -0.2) is 10.8 Å². The standard InChI is InChI=1S/C23H23NO/c1-2-23(21-13-15-24-16-14-21,17-19-9-5-3-6-10-19)18-22(25)20-11-7-4-8-12-20/h3-16H,2,17-18H2,1H3/t23-/m1/s1. The average molecular weight is 329 g/mol. The molecule has 1 heterocycles. The van der Waals surface area contributed by atoms with E-state index >= 15 is 0 Å². The van der Waals surface area contributed by atoms with Gasteiger partial charge in [0.2, 0.25) is 0 Å². The van der Waals surface area contributed by atoms with E-state index in [1.807, 2.05) is 60.9 Å². The molecule has 0 bridgehead atoms. The summed E-state index contributed by atoms with van der Waals surface area (Å²) in [6, 6.07) is 24.1. The summed E-state index contributed by atoms with van der Waals surface area (Å²) in [7, 11) is 0. The molecule has 0 radical (unpaired) electrons. The molecule has 3 aromatic rings. The fourth-order valence-electron chi connectivity index (χ4n) is 3.45. The predicted octanol–water partition coefficient (Wildman–Crippen LogP) is 5.25. The smallest absolute Gasteiger partial charge is 0.163 e. The number of pyridine rings is 1. The summed E-state index contributed by atoms with van der Waals surface area (Å²) in [4.78, 5) is 17.1. The van der Waals surface area contributed by atoms with Gasteiger partial charge in [0.05, 0.1) is 0 Å². The van der Waals surface area contributed by atoms with Gasteiger partial charge in [0.25, 0.3) is 0 Å². The average Bonchev–Trinajstić information content (AvgIpc) is 2.69. The van der Waals surface area contributed by atoms with E-state index in [0.717, 1.165) is 18.4 Å². The minimum atomic E-state index is -0.225. The normalized spacial score (nSPS) is 13.2. The lowest BCUT2D eigenvalue weighted by atomic mass is 9.70. The number of nitrogens with zero attached hydrogens (tertiary/aromatic N) is 1. The van der Waals surface area contributed by atoms with Crippen LogP contribution in [0.5, 0.6) is 0 Å². The maximum atomic E-state index is 13.0. The van der Waals surface area contributed by atoms with Gasteiger partial charge < -0.3 is 0 Å². The van der Waals surface area contributed by atoms with Crippen LogP contribution in [0, 0.1) is 0 Å². The minimum absolute atomic E-state index is 0.190. The van der Waals surface area contributed by atoms with Crippen LogP contribution in [0.4, 0.5) is 0 Å². The van der Waals surface area contributed by atoms with Gasteiger partial charge >= 0.3 is 0 Å². The zero-order valence-electron chi connectivity index (χ0n) is 14.6. The summed E-state index contributed by atoms with van der Waals surface area (Å²) in [6.07, 6.45) is 5.86. The van der Waals surface area contributed by atoms with Crippen LogP contribution in [0.2, 0.25) is 0 Å². The van der Waals surface area contributed by atoms with Gasteiger partial charge in [0.15, 0.2) is 5.78 Å². The highest BCUT2D eigenvalue weighted by Crippen LogP contribution is 2.36. The van der Waals surface area contributed by atoms with Crippen LogP contribution in [0.15, 0.2) is 85.2 Å². The Hall–Kier alpha value is -2.74. The second kappa shape index (κ2) is 7.89. The Balaban J connectivity index is 1.97. The molecule has 0 saturated carbocycles. The molecule has 0 amide bonds. The molecule has 0 saturated heterocycles. The number of aromatic nitrogens is 1. The lowest BCUT2D eigenvalue weighted by molar-refractivity contribution is 0.0946. The van der Waals surface area contributed by atoms with Crippen molar-refractivity contribution in [1.29, 1.82) is 0 Å². The fourth-order valence-corrected chi connectivity index (χ4v) is 3.45. The van der Waals surface area contributed by atoms with E-state index < -0.39 is 0 Å². The van der Waals surface area contributed by atoms with Gasteiger partial charge in [0, 0.05) is 29.8 Å². The van der Waals surface area contributed by atoms with Gasteiger partial charge in [-0.2, -0.15) is 0 Å².